The first kappa shape index (κ1) is 29.9. The van der Waals surface area contributed by atoms with Gasteiger partial charge in [-0.3, -0.25) is 23.9 Å². The lowest BCUT2D eigenvalue weighted by molar-refractivity contribution is -0.277. The number of para-hydroxylation sites is 2. The molecule has 45 heavy (non-hydrogen) atoms. The molecule has 238 valence electrons. The Hall–Kier alpha value is -3.80. The molecule has 0 spiro atoms. The van der Waals surface area contributed by atoms with Gasteiger partial charge in [-0.2, -0.15) is 0 Å². The molecule has 1 aromatic heterocycles. The normalized spacial score (nSPS) is 37.8. The average molecular weight is 624 g/mol. The number of hydrogen-bond donors (Lipinski definition) is 7. The quantitative estimate of drug-likeness (QED) is 0.163. The summed E-state index contributed by atoms with van der Waals surface area (Å²) in [5, 5.41) is 68.5. The van der Waals surface area contributed by atoms with E-state index in [2.05, 4.69) is 10.3 Å². The van der Waals surface area contributed by atoms with Gasteiger partial charge in [-0.1, -0.05) is 30.3 Å². The van der Waals surface area contributed by atoms with Crippen molar-refractivity contribution in [2.45, 2.75) is 80.5 Å². The monoisotopic (exact) mass is 623 g/mol. The molecule has 3 aromatic rings. The SMILES string of the molecule is C[C@H]1C(=O)N2c3ccccc3[C@@](O)(C[C@H]3C(=O)N[C@](C)(O)c4nc5ccccc5c(=O)n43)[C@H]2N1[C@@H]1O[C@H](CO)[C@@H](O)[C@H](O)[C@H]1O. The van der Waals surface area contributed by atoms with Crippen LogP contribution in [-0.2, 0) is 25.7 Å². The maximum Gasteiger partial charge on any atom is 0.262 e. The van der Waals surface area contributed by atoms with Gasteiger partial charge in [0.25, 0.3) is 5.56 Å². The second-order valence-corrected chi connectivity index (χ2v) is 12.3. The highest BCUT2D eigenvalue weighted by molar-refractivity contribution is 6.02. The molecule has 5 heterocycles. The zero-order valence-corrected chi connectivity index (χ0v) is 24.3. The number of fused-ring (bicyclic) bond motifs is 5. The molecule has 0 bridgehead atoms. The summed E-state index contributed by atoms with van der Waals surface area (Å²) in [7, 11) is 0. The molecule has 4 aliphatic rings. The first-order valence-electron chi connectivity index (χ1n) is 14.6. The Balaban J connectivity index is 1.39. The van der Waals surface area contributed by atoms with E-state index in [0.717, 1.165) is 4.57 Å². The van der Waals surface area contributed by atoms with Crippen LogP contribution < -0.4 is 15.8 Å². The van der Waals surface area contributed by atoms with Crippen molar-refractivity contribution in [3.05, 3.63) is 70.3 Å². The third-order valence-electron chi connectivity index (χ3n) is 9.52. The summed E-state index contributed by atoms with van der Waals surface area (Å²) < 4.78 is 6.90. The van der Waals surface area contributed by atoms with Crippen molar-refractivity contribution >= 4 is 28.4 Å². The van der Waals surface area contributed by atoms with Gasteiger partial charge in [-0.05, 0) is 32.0 Å². The first-order valence-corrected chi connectivity index (χ1v) is 14.6. The topological polar surface area (TPSA) is 218 Å². The lowest BCUT2D eigenvalue weighted by atomic mass is 9.84. The lowest BCUT2D eigenvalue weighted by Gasteiger charge is -2.48. The molecule has 0 aliphatic carbocycles. The Kier molecular flexibility index (Phi) is 6.71. The molecule has 2 aromatic carbocycles. The van der Waals surface area contributed by atoms with E-state index in [0.29, 0.717) is 11.2 Å². The number of anilines is 1. The van der Waals surface area contributed by atoms with E-state index in [1.807, 2.05) is 0 Å². The molecule has 15 heteroatoms. The number of benzene rings is 2. The van der Waals surface area contributed by atoms with Crippen LogP contribution in [0.25, 0.3) is 10.9 Å². The fraction of sp³-hybridized carbons (Fsp3) is 0.467. The lowest BCUT2D eigenvalue weighted by Crippen LogP contribution is -2.67. The third-order valence-corrected chi connectivity index (χ3v) is 9.52. The standard InChI is InChI=1S/C30H33N5O10/c1-13-24(41)35-17-10-6-4-8-15(17)30(44,28(35)33(13)26-22(39)21(38)20(37)19(12-36)45-26)11-18-23(40)32-29(2,43)27-31-16-9-5-3-7-14(16)25(42)34(18)27/h3-10,13,18-22,26,28,36-39,43-44H,11-12H2,1-2H3,(H,32,40)/t13-,18-,19+,20+,21-,22+,26+,28-,29+,30-/m0/s1. The second-order valence-electron chi connectivity index (χ2n) is 12.3. The van der Waals surface area contributed by atoms with Crippen LogP contribution in [0.1, 0.15) is 37.7 Å². The summed E-state index contributed by atoms with van der Waals surface area (Å²) in [5.41, 5.74) is -3.89. The van der Waals surface area contributed by atoms with Crippen molar-refractivity contribution in [3.8, 4) is 0 Å². The Morgan fingerprint density at radius 2 is 1.67 bits per heavy atom. The Bertz CT molecular complexity index is 1780. The third kappa shape index (κ3) is 4.06. The zero-order valence-electron chi connectivity index (χ0n) is 24.3. The summed E-state index contributed by atoms with van der Waals surface area (Å²) >= 11 is 0. The van der Waals surface area contributed by atoms with E-state index in [1.165, 1.54) is 29.7 Å². The Labute approximate surface area is 255 Å². The van der Waals surface area contributed by atoms with Crippen molar-refractivity contribution in [3.63, 3.8) is 0 Å². The van der Waals surface area contributed by atoms with Crippen LogP contribution in [0.15, 0.2) is 53.3 Å². The predicted octanol–water partition coefficient (Wildman–Crippen LogP) is -2.31. The van der Waals surface area contributed by atoms with Gasteiger partial charge in [-0.15, -0.1) is 0 Å². The molecule has 7 N–H and O–H groups in total. The summed E-state index contributed by atoms with van der Waals surface area (Å²) in [6, 6.07) is 10.5. The number of carbonyl (C=O) groups is 2. The van der Waals surface area contributed by atoms with Gasteiger partial charge in [0.05, 0.1) is 29.2 Å². The van der Waals surface area contributed by atoms with Gasteiger partial charge in [0.15, 0.2) is 11.5 Å². The number of ether oxygens (including phenoxy) is 1. The number of aliphatic hydroxyl groups excluding tert-OH is 4. The summed E-state index contributed by atoms with van der Waals surface area (Å²) in [6.45, 7) is 2.10. The number of rotatable bonds is 4. The number of nitrogens with one attached hydrogen (secondary N) is 1. The molecule has 0 unspecified atom stereocenters. The minimum absolute atomic E-state index is 0.149. The van der Waals surface area contributed by atoms with E-state index in [-0.39, 0.29) is 16.8 Å². The molecule has 2 saturated heterocycles. The number of hydrogen-bond acceptors (Lipinski definition) is 12. The summed E-state index contributed by atoms with van der Waals surface area (Å²) in [5.74, 6) is -1.42. The average Bonchev–Trinajstić information content (AvgIpc) is 3.42. The maximum atomic E-state index is 13.9. The first-order chi connectivity index (χ1) is 21.3. The second kappa shape index (κ2) is 10.1. The van der Waals surface area contributed by atoms with Gasteiger partial charge in [0.1, 0.15) is 48.5 Å². The fourth-order valence-corrected chi connectivity index (χ4v) is 7.35. The van der Waals surface area contributed by atoms with E-state index in [1.54, 1.807) is 42.5 Å². The van der Waals surface area contributed by atoms with Crippen LogP contribution in [0.5, 0.6) is 0 Å². The molecule has 7 rings (SSSR count). The molecule has 2 fully saturated rings. The maximum absolute atomic E-state index is 13.9. The summed E-state index contributed by atoms with van der Waals surface area (Å²) in [6.07, 6.45) is -9.79. The van der Waals surface area contributed by atoms with Gasteiger partial charge in [-0.25, -0.2) is 9.88 Å². The van der Waals surface area contributed by atoms with Gasteiger partial charge in [0, 0.05) is 12.0 Å². The summed E-state index contributed by atoms with van der Waals surface area (Å²) in [4.78, 5) is 48.6. The predicted molar refractivity (Wildman–Crippen MR) is 154 cm³/mol. The molecule has 4 aliphatic heterocycles. The molecule has 0 saturated carbocycles. The number of nitrogens with zero attached hydrogens (tertiary/aromatic N) is 4. The molecule has 10 atom stereocenters. The molecule has 15 nitrogen and oxygen atoms in total. The number of aromatic nitrogens is 2. The van der Waals surface area contributed by atoms with E-state index in [9.17, 15) is 45.0 Å². The molecule has 2 amide bonds. The van der Waals surface area contributed by atoms with E-state index < -0.39 is 90.6 Å². The van der Waals surface area contributed by atoms with Crippen molar-refractivity contribution in [1.82, 2.24) is 19.8 Å². The van der Waals surface area contributed by atoms with Gasteiger partial charge in [0.2, 0.25) is 11.8 Å². The van der Waals surface area contributed by atoms with Crippen molar-refractivity contribution < 1.29 is 45.0 Å². The van der Waals surface area contributed by atoms with Crippen LogP contribution >= 0.6 is 0 Å². The highest BCUT2D eigenvalue weighted by Gasteiger charge is 2.65. The minimum Gasteiger partial charge on any atom is -0.394 e. The number of amides is 2. The van der Waals surface area contributed by atoms with Crippen molar-refractivity contribution in [1.29, 1.82) is 0 Å². The number of aliphatic hydroxyl groups is 6. The van der Waals surface area contributed by atoms with Crippen LogP contribution in [-0.4, -0.2) is 106 Å². The highest BCUT2D eigenvalue weighted by Crippen LogP contribution is 2.53. The van der Waals surface area contributed by atoms with E-state index >= 15 is 0 Å². The fourth-order valence-electron chi connectivity index (χ4n) is 7.35. The molecule has 0 radical (unpaired) electrons. The van der Waals surface area contributed by atoms with Crippen LogP contribution in [0.2, 0.25) is 0 Å². The molecular weight excluding hydrogens is 590 g/mol. The van der Waals surface area contributed by atoms with Crippen molar-refractivity contribution in [2.24, 2.45) is 0 Å². The van der Waals surface area contributed by atoms with Crippen LogP contribution in [0, 0.1) is 0 Å². The van der Waals surface area contributed by atoms with Crippen LogP contribution in [0.3, 0.4) is 0 Å². The minimum atomic E-state index is -2.11. The largest absolute Gasteiger partial charge is 0.394 e. The van der Waals surface area contributed by atoms with E-state index in [4.69, 9.17) is 4.74 Å². The molecular formula is C30H33N5O10. The van der Waals surface area contributed by atoms with Crippen LogP contribution in [0.4, 0.5) is 5.69 Å². The highest BCUT2D eigenvalue weighted by atomic mass is 16.6. The van der Waals surface area contributed by atoms with Gasteiger partial charge < -0.3 is 40.7 Å². The zero-order chi connectivity index (χ0) is 32.2. The van der Waals surface area contributed by atoms with Gasteiger partial charge >= 0.3 is 0 Å². The van der Waals surface area contributed by atoms with Crippen molar-refractivity contribution in [2.75, 3.05) is 11.5 Å². The smallest absolute Gasteiger partial charge is 0.262 e. The number of carbonyl (C=O) groups excluding carboxylic acids is 2. The Morgan fingerprint density at radius 1 is 0.978 bits per heavy atom. The Morgan fingerprint density at radius 3 is 2.40 bits per heavy atom.